The molecule has 0 bridgehead atoms. The van der Waals surface area contributed by atoms with Gasteiger partial charge in [0, 0.05) is 23.6 Å². The van der Waals surface area contributed by atoms with Gasteiger partial charge >= 0.3 is 13.2 Å². The van der Waals surface area contributed by atoms with Crippen LogP contribution in [0.5, 0.6) is 0 Å². The number of hydrogen-bond acceptors (Lipinski definition) is 5. The molecule has 0 aliphatic carbocycles. The average molecular weight is 302 g/mol. The lowest BCUT2D eigenvalue weighted by molar-refractivity contribution is 0.0524. The smallest absolute Gasteiger partial charge is 0.444 e. The van der Waals surface area contributed by atoms with E-state index in [-0.39, 0.29) is 6.54 Å². The molecule has 0 spiro atoms. The fourth-order valence-corrected chi connectivity index (χ4v) is 2.10. The molecule has 1 aromatic heterocycles. The molecule has 0 atom stereocenters. The van der Waals surface area contributed by atoms with Crippen molar-refractivity contribution >= 4 is 29.6 Å². The van der Waals surface area contributed by atoms with Crippen LogP contribution in [0.25, 0.3) is 10.9 Å². The van der Waals surface area contributed by atoms with E-state index >= 15 is 0 Å². The third-order valence-electron chi connectivity index (χ3n) is 2.99. The third kappa shape index (κ3) is 3.96. The highest BCUT2D eigenvalue weighted by Crippen LogP contribution is 2.15. The average Bonchev–Trinajstić information content (AvgIpc) is 2.42. The van der Waals surface area contributed by atoms with Gasteiger partial charge in [-0.05, 0) is 32.4 Å². The number of aromatic nitrogens is 1. The molecule has 22 heavy (non-hydrogen) atoms. The highest BCUT2D eigenvalue weighted by Gasteiger charge is 2.18. The zero-order valence-electron chi connectivity index (χ0n) is 12.8. The molecule has 0 fully saturated rings. The van der Waals surface area contributed by atoms with E-state index in [1.54, 1.807) is 45.2 Å². The molecule has 1 heterocycles. The van der Waals surface area contributed by atoms with Gasteiger partial charge in [0.15, 0.2) is 0 Å². The quantitative estimate of drug-likeness (QED) is 0.734. The lowest BCUT2D eigenvalue weighted by Gasteiger charge is -2.20. The molecule has 0 saturated carbocycles. The highest BCUT2D eigenvalue weighted by molar-refractivity contribution is 6.61. The van der Waals surface area contributed by atoms with E-state index in [2.05, 4.69) is 10.3 Å². The second-order valence-corrected chi connectivity index (χ2v) is 5.94. The number of pyridine rings is 1. The minimum atomic E-state index is -1.59. The fraction of sp³-hybridized carbons (Fsp3) is 0.333. The van der Waals surface area contributed by atoms with Gasteiger partial charge in [-0.2, -0.15) is 0 Å². The summed E-state index contributed by atoms with van der Waals surface area (Å²) in [6.45, 7) is 5.65. The number of carbonyl (C=O) groups is 1. The van der Waals surface area contributed by atoms with Crippen LogP contribution in [-0.4, -0.2) is 33.8 Å². The second kappa shape index (κ2) is 6.33. The fourth-order valence-electron chi connectivity index (χ4n) is 2.10. The number of nitrogens with one attached hydrogen (secondary N) is 1. The Morgan fingerprint density at radius 1 is 1.32 bits per heavy atom. The number of nitrogens with zero attached hydrogens (tertiary/aromatic N) is 1. The summed E-state index contributed by atoms with van der Waals surface area (Å²) >= 11 is 0. The Balaban J connectivity index is 2.23. The van der Waals surface area contributed by atoms with Crippen molar-refractivity contribution in [3.63, 3.8) is 0 Å². The van der Waals surface area contributed by atoms with Crippen molar-refractivity contribution in [2.75, 3.05) is 0 Å². The molecule has 1 amide bonds. The van der Waals surface area contributed by atoms with E-state index in [0.717, 1.165) is 10.9 Å². The van der Waals surface area contributed by atoms with Crippen molar-refractivity contribution in [2.24, 2.45) is 0 Å². The molecule has 0 aliphatic rings. The zero-order chi connectivity index (χ0) is 16.3. The Labute approximate surface area is 129 Å². The normalized spacial score (nSPS) is 11.3. The van der Waals surface area contributed by atoms with Gasteiger partial charge in [0.05, 0.1) is 5.52 Å². The highest BCUT2D eigenvalue weighted by atomic mass is 16.6. The van der Waals surface area contributed by atoms with Crippen molar-refractivity contribution in [1.29, 1.82) is 0 Å². The molecule has 0 aliphatic heterocycles. The van der Waals surface area contributed by atoms with Crippen LogP contribution in [0.1, 0.15) is 26.3 Å². The lowest BCUT2D eigenvalue weighted by Crippen LogP contribution is -2.33. The zero-order valence-corrected chi connectivity index (χ0v) is 12.8. The summed E-state index contributed by atoms with van der Waals surface area (Å²) in [4.78, 5) is 15.9. The molecule has 3 N–H and O–H groups in total. The standard InChI is InChI=1S/C15H19BN2O4/c1-15(2,3)22-14(19)18-9-10-6-7-12(16(20)21)13-11(10)5-4-8-17-13/h4-8,20-21H,9H2,1-3H3,(H,18,19). The second-order valence-electron chi connectivity index (χ2n) is 5.94. The number of rotatable bonds is 3. The van der Waals surface area contributed by atoms with Gasteiger partial charge in [-0.25, -0.2) is 4.79 Å². The SMILES string of the molecule is CC(C)(C)OC(=O)NCc1ccc(B(O)O)c2ncccc12. The van der Waals surface area contributed by atoms with Crippen molar-refractivity contribution in [2.45, 2.75) is 32.9 Å². The molecule has 0 saturated heterocycles. The number of ether oxygens (including phenoxy) is 1. The first-order chi connectivity index (χ1) is 10.3. The predicted octanol–water partition coefficient (Wildman–Crippen LogP) is 0.939. The summed E-state index contributed by atoms with van der Waals surface area (Å²) in [6, 6.07) is 6.90. The molecule has 0 unspecified atom stereocenters. The minimum absolute atomic E-state index is 0.263. The van der Waals surface area contributed by atoms with Gasteiger partial charge in [-0.1, -0.05) is 18.2 Å². The summed E-state index contributed by atoms with van der Waals surface area (Å²) in [7, 11) is -1.59. The first-order valence-corrected chi connectivity index (χ1v) is 6.97. The monoisotopic (exact) mass is 302 g/mol. The Bertz CT molecular complexity index is 683. The van der Waals surface area contributed by atoms with Crippen LogP contribution in [0.4, 0.5) is 4.79 Å². The minimum Gasteiger partial charge on any atom is -0.444 e. The van der Waals surface area contributed by atoms with Crippen LogP contribution in [0.3, 0.4) is 0 Å². The molecule has 1 aromatic carbocycles. The van der Waals surface area contributed by atoms with Gasteiger partial charge in [0.2, 0.25) is 0 Å². The van der Waals surface area contributed by atoms with Crippen LogP contribution in [0.15, 0.2) is 30.5 Å². The predicted molar refractivity (Wildman–Crippen MR) is 84.6 cm³/mol. The molecule has 6 nitrogen and oxygen atoms in total. The van der Waals surface area contributed by atoms with E-state index in [9.17, 15) is 14.8 Å². The van der Waals surface area contributed by atoms with Crippen molar-refractivity contribution < 1.29 is 19.6 Å². The van der Waals surface area contributed by atoms with Crippen LogP contribution in [-0.2, 0) is 11.3 Å². The summed E-state index contributed by atoms with van der Waals surface area (Å²) in [5, 5.41) is 22.2. The van der Waals surface area contributed by atoms with Crippen LogP contribution in [0, 0.1) is 0 Å². The molecular weight excluding hydrogens is 283 g/mol. The first kappa shape index (κ1) is 16.3. The van der Waals surface area contributed by atoms with Gasteiger partial charge in [0.25, 0.3) is 0 Å². The van der Waals surface area contributed by atoms with E-state index < -0.39 is 18.8 Å². The number of hydrogen-bond donors (Lipinski definition) is 3. The molecule has 2 aromatic rings. The number of fused-ring (bicyclic) bond motifs is 1. The number of amides is 1. The van der Waals surface area contributed by atoms with Crippen molar-refractivity contribution in [3.05, 3.63) is 36.0 Å². The molecule has 116 valence electrons. The Hall–Kier alpha value is -2.12. The Kier molecular flexibility index (Phi) is 4.68. The van der Waals surface area contributed by atoms with Gasteiger partial charge < -0.3 is 20.1 Å². The van der Waals surface area contributed by atoms with Crippen LogP contribution in [0.2, 0.25) is 0 Å². The van der Waals surface area contributed by atoms with Gasteiger partial charge in [-0.15, -0.1) is 0 Å². The molecular formula is C15H19BN2O4. The van der Waals surface area contributed by atoms with E-state index in [4.69, 9.17) is 4.74 Å². The van der Waals surface area contributed by atoms with Crippen molar-refractivity contribution in [1.82, 2.24) is 10.3 Å². The number of benzene rings is 1. The topological polar surface area (TPSA) is 91.7 Å². The van der Waals surface area contributed by atoms with E-state index in [1.165, 1.54) is 0 Å². The van der Waals surface area contributed by atoms with E-state index in [0.29, 0.717) is 11.0 Å². The molecule has 2 rings (SSSR count). The molecule has 0 radical (unpaired) electrons. The maximum atomic E-state index is 11.7. The Morgan fingerprint density at radius 2 is 2.05 bits per heavy atom. The summed E-state index contributed by atoms with van der Waals surface area (Å²) in [5.74, 6) is 0. The molecule has 7 heteroatoms. The van der Waals surface area contributed by atoms with Crippen LogP contribution >= 0.6 is 0 Å². The largest absolute Gasteiger partial charge is 0.490 e. The van der Waals surface area contributed by atoms with Crippen LogP contribution < -0.4 is 10.8 Å². The summed E-state index contributed by atoms with van der Waals surface area (Å²) in [6.07, 6.45) is 1.08. The lowest BCUT2D eigenvalue weighted by atomic mass is 9.78. The summed E-state index contributed by atoms with van der Waals surface area (Å²) < 4.78 is 5.19. The van der Waals surface area contributed by atoms with Gasteiger partial charge in [-0.3, -0.25) is 4.98 Å². The van der Waals surface area contributed by atoms with Crippen molar-refractivity contribution in [3.8, 4) is 0 Å². The Morgan fingerprint density at radius 3 is 2.68 bits per heavy atom. The summed E-state index contributed by atoms with van der Waals surface area (Å²) in [5.41, 5.74) is 1.09. The maximum absolute atomic E-state index is 11.7. The van der Waals surface area contributed by atoms with E-state index in [1.807, 2.05) is 6.07 Å². The number of alkyl carbamates (subject to hydrolysis) is 1. The first-order valence-electron chi connectivity index (χ1n) is 6.97. The van der Waals surface area contributed by atoms with Gasteiger partial charge in [0.1, 0.15) is 5.60 Å². The maximum Gasteiger partial charge on any atom is 0.490 e. The number of carbonyl (C=O) groups excluding carboxylic acids is 1. The third-order valence-corrected chi connectivity index (χ3v) is 2.99.